The fourth-order valence-electron chi connectivity index (χ4n) is 1.39. The van der Waals surface area contributed by atoms with Gasteiger partial charge in [0.05, 0.1) is 16.4 Å². The fraction of sp³-hybridized carbons (Fsp3) is 0. The smallest absolute Gasteiger partial charge is 0.339 e. The highest BCUT2D eigenvalue weighted by Crippen LogP contribution is 2.28. The summed E-state index contributed by atoms with van der Waals surface area (Å²) in [6, 6.07) is 10.2. The topological polar surface area (TPSA) is 95.4 Å². The summed E-state index contributed by atoms with van der Waals surface area (Å²) in [6.07, 6.45) is 0. The first-order valence-corrected chi connectivity index (χ1v) is 7.03. The first-order valence-electron chi connectivity index (χ1n) is 5.24. The lowest BCUT2D eigenvalue weighted by molar-refractivity contribution is 0.486. The van der Waals surface area contributed by atoms with E-state index >= 15 is 0 Å². The number of benzene rings is 2. The molecule has 0 amide bonds. The van der Waals surface area contributed by atoms with Crippen molar-refractivity contribution in [1.82, 2.24) is 0 Å². The highest BCUT2D eigenvalue weighted by atomic mass is 35.5. The van der Waals surface area contributed by atoms with Crippen molar-refractivity contribution in [2.24, 2.45) is 0 Å². The van der Waals surface area contributed by atoms with Crippen LogP contribution in [-0.2, 0) is 10.1 Å². The van der Waals surface area contributed by atoms with E-state index < -0.39 is 10.1 Å². The van der Waals surface area contributed by atoms with Gasteiger partial charge in [0, 0.05) is 0 Å². The largest absolute Gasteiger partial charge is 0.397 e. The van der Waals surface area contributed by atoms with E-state index in [4.69, 9.17) is 27.3 Å². The normalized spacial score (nSPS) is 11.2. The van der Waals surface area contributed by atoms with Crippen LogP contribution in [0, 0.1) is 0 Å². The van der Waals surface area contributed by atoms with Crippen LogP contribution in [0.5, 0.6) is 5.75 Å². The van der Waals surface area contributed by atoms with Crippen LogP contribution in [0.1, 0.15) is 0 Å². The van der Waals surface area contributed by atoms with Gasteiger partial charge in [0.25, 0.3) is 0 Å². The average molecular weight is 299 g/mol. The third kappa shape index (κ3) is 2.91. The van der Waals surface area contributed by atoms with Gasteiger partial charge in [-0.25, -0.2) is 0 Å². The number of hydrogen-bond acceptors (Lipinski definition) is 5. The Hall–Kier alpha value is -1.92. The molecule has 100 valence electrons. The van der Waals surface area contributed by atoms with E-state index in [9.17, 15) is 8.42 Å². The summed E-state index contributed by atoms with van der Waals surface area (Å²) < 4.78 is 29.0. The molecule has 2 aromatic carbocycles. The van der Waals surface area contributed by atoms with Gasteiger partial charge in [0.1, 0.15) is 4.90 Å². The molecule has 2 rings (SSSR count). The number of rotatable bonds is 3. The first kappa shape index (κ1) is 13.5. The molecule has 0 saturated heterocycles. The van der Waals surface area contributed by atoms with E-state index in [0.29, 0.717) is 5.69 Å². The molecule has 0 bridgehead atoms. The van der Waals surface area contributed by atoms with E-state index in [1.165, 1.54) is 30.3 Å². The molecule has 4 N–H and O–H groups in total. The number of halogens is 1. The van der Waals surface area contributed by atoms with Crippen LogP contribution in [0.25, 0.3) is 0 Å². The lowest BCUT2D eigenvalue weighted by Gasteiger charge is -2.09. The quantitative estimate of drug-likeness (QED) is 0.669. The molecule has 0 atom stereocenters. The minimum absolute atomic E-state index is 0.0552. The molecule has 0 heterocycles. The van der Waals surface area contributed by atoms with Crippen LogP contribution in [0.15, 0.2) is 47.4 Å². The molecule has 0 fully saturated rings. The number of nitrogens with two attached hydrogens (primary N) is 2. The zero-order chi connectivity index (χ0) is 14.0. The monoisotopic (exact) mass is 298 g/mol. The third-order valence-corrected chi connectivity index (χ3v) is 3.93. The standard InChI is InChI=1S/C12H11ClN2O3S/c13-9-3-1-2-4-12(9)18-19(16,17)8-5-6-10(14)11(15)7-8/h1-7H,14-15H2. The second kappa shape index (κ2) is 4.99. The van der Waals surface area contributed by atoms with Crippen LogP contribution in [0.3, 0.4) is 0 Å². The SMILES string of the molecule is Nc1ccc(S(=O)(=O)Oc2ccccc2Cl)cc1N. The Morgan fingerprint density at radius 1 is 1.00 bits per heavy atom. The van der Waals surface area contributed by atoms with Crippen molar-refractivity contribution in [1.29, 1.82) is 0 Å². The number of anilines is 2. The van der Waals surface area contributed by atoms with E-state index in [1.807, 2.05) is 0 Å². The number of hydrogen-bond donors (Lipinski definition) is 2. The molecular weight excluding hydrogens is 288 g/mol. The maximum atomic E-state index is 12.0. The first-order chi connectivity index (χ1) is 8.90. The highest BCUT2D eigenvalue weighted by Gasteiger charge is 2.18. The van der Waals surface area contributed by atoms with Crippen molar-refractivity contribution >= 4 is 33.1 Å². The molecule has 0 radical (unpaired) electrons. The maximum absolute atomic E-state index is 12.0. The van der Waals surface area contributed by atoms with Gasteiger partial charge in [-0.1, -0.05) is 23.7 Å². The van der Waals surface area contributed by atoms with Gasteiger partial charge in [0.15, 0.2) is 5.75 Å². The minimum Gasteiger partial charge on any atom is -0.397 e. The molecule has 2 aromatic rings. The Bertz CT molecular complexity index is 717. The summed E-state index contributed by atoms with van der Waals surface area (Å²) in [6.45, 7) is 0. The van der Waals surface area contributed by atoms with Crippen molar-refractivity contribution in [3.63, 3.8) is 0 Å². The van der Waals surface area contributed by atoms with Crippen molar-refractivity contribution in [3.05, 3.63) is 47.5 Å². The average Bonchev–Trinajstić information content (AvgIpc) is 2.35. The Morgan fingerprint density at radius 2 is 1.68 bits per heavy atom. The Kier molecular flexibility index (Phi) is 3.55. The second-order valence-corrected chi connectivity index (χ2v) is 5.71. The zero-order valence-corrected chi connectivity index (χ0v) is 11.3. The summed E-state index contributed by atoms with van der Waals surface area (Å²) in [7, 11) is -4.00. The predicted molar refractivity (Wildman–Crippen MR) is 74.5 cm³/mol. The van der Waals surface area contributed by atoms with Gasteiger partial charge in [-0.3, -0.25) is 0 Å². The second-order valence-electron chi connectivity index (χ2n) is 3.76. The van der Waals surface area contributed by atoms with Gasteiger partial charge in [-0.2, -0.15) is 8.42 Å². The van der Waals surface area contributed by atoms with Crippen molar-refractivity contribution in [2.75, 3.05) is 11.5 Å². The van der Waals surface area contributed by atoms with E-state index in [1.54, 1.807) is 12.1 Å². The third-order valence-electron chi connectivity index (χ3n) is 2.38. The van der Waals surface area contributed by atoms with E-state index in [2.05, 4.69) is 0 Å². The molecule has 0 spiro atoms. The predicted octanol–water partition coefficient (Wildman–Crippen LogP) is 2.27. The van der Waals surface area contributed by atoms with Gasteiger partial charge in [0.2, 0.25) is 0 Å². The van der Waals surface area contributed by atoms with E-state index in [0.717, 1.165) is 0 Å². The molecular formula is C12H11ClN2O3S. The van der Waals surface area contributed by atoms with Crippen molar-refractivity contribution < 1.29 is 12.6 Å². The zero-order valence-electron chi connectivity index (χ0n) is 9.71. The Balaban J connectivity index is 2.38. The Labute approximate surface area is 115 Å². The molecule has 0 aliphatic rings. The Morgan fingerprint density at radius 3 is 2.32 bits per heavy atom. The molecule has 7 heteroatoms. The molecule has 19 heavy (non-hydrogen) atoms. The minimum atomic E-state index is -4.00. The van der Waals surface area contributed by atoms with Crippen LogP contribution in [0.2, 0.25) is 5.02 Å². The molecule has 5 nitrogen and oxygen atoms in total. The summed E-state index contributed by atoms with van der Waals surface area (Å²) in [5, 5.41) is 0.203. The van der Waals surface area contributed by atoms with Crippen LogP contribution in [0.4, 0.5) is 11.4 Å². The van der Waals surface area contributed by atoms with Gasteiger partial charge < -0.3 is 15.7 Å². The van der Waals surface area contributed by atoms with E-state index in [-0.39, 0.29) is 21.4 Å². The van der Waals surface area contributed by atoms with Crippen molar-refractivity contribution in [2.45, 2.75) is 4.90 Å². The lowest BCUT2D eigenvalue weighted by Crippen LogP contribution is -2.10. The summed E-state index contributed by atoms with van der Waals surface area (Å²) >= 11 is 5.84. The van der Waals surface area contributed by atoms with Crippen LogP contribution in [-0.4, -0.2) is 8.42 Å². The lowest BCUT2D eigenvalue weighted by atomic mass is 10.3. The summed E-state index contributed by atoms with van der Waals surface area (Å²) in [4.78, 5) is -0.0841. The van der Waals surface area contributed by atoms with Gasteiger partial charge >= 0.3 is 10.1 Å². The molecule has 0 aliphatic carbocycles. The van der Waals surface area contributed by atoms with Crippen LogP contribution >= 0.6 is 11.6 Å². The summed E-state index contributed by atoms with van der Waals surface area (Å²) in [5.74, 6) is 0.0552. The van der Waals surface area contributed by atoms with Crippen molar-refractivity contribution in [3.8, 4) is 5.75 Å². The molecule has 0 saturated carbocycles. The maximum Gasteiger partial charge on any atom is 0.339 e. The van der Waals surface area contributed by atoms with Crippen LogP contribution < -0.4 is 15.7 Å². The van der Waals surface area contributed by atoms with Gasteiger partial charge in [-0.15, -0.1) is 0 Å². The number of para-hydroxylation sites is 1. The fourth-order valence-corrected chi connectivity index (χ4v) is 2.59. The molecule has 0 aliphatic heterocycles. The molecule has 0 aromatic heterocycles. The summed E-state index contributed by atoms with van der Waals surface area (Å²) in [5.41, 5.74) is 11.6. The number of nitrogen functional groups attached to an aromatic ring is 2. The highest BCUT2D eigenvalue weighted by molar-refractivity contribution is 7.87. The molecule has 0 unspecified atom stereocenters. The van der Waals surface area contributed by atoms with Gasteiger partial charge in [-0.05, 0) is 30.3 Å².